The van der Waals surface area contributed by atoms with Gasteiger partial charge in [-0.25, -0.2) is 9.36 Å². The maximum absolute atomic E-state index is 5.67. The standard InChI is InChI=1S/2C8H11N5/c1-6-8(9)4-11-13(6)7-3-10-12(2)5-7;1-6-8(9)5-13(11-6)7-3-10-12(2)4-7/h2*3-5H,9H2,1-2H3. The second kappa shape index (κ2) is 6.75. The Hall–Kier alpha value is -3.56. The van der Waals surface area contributed by atoms with E-state index in [9.17, 15) is 0 Å². The van der Waals surface area contributed by atoms with Crippen LogP contribution in [0.4, 0.5) is 11.4 Å². The lowest BCUT2D eigenvalue weighted by molar-refractivity contribution is 0.765. The molecule has 0 radical (unpaired) electrons. The highest BCUT2D eigenvalue weighted by Gasteiger charge is 2.06. The summed E-state index contributed by atoms with van der Waals surface area (Å²) >= 11 is 0. The van der Waals surface area contributed by atoms with E-state index in [-0.39, 0.29) is 0 Å². The molecular weight excluding hydrogens is 332 g/mol. The zero-order valence-electron chi connectivity index (χ0n) is 15.2. The fraction of sp³-hybridized carbons (Fsp3) is 0.250. The number of nitrogens with two attached hydrogens (primary N) is 2. The molecule has 4 heterocycles. The number of anilines is 2. The van der Waals surface area contributed by atoms with Gasteiger partial charge >= 0.3 is 0 Å². The van der Waals surface area contributed by atoms with Crippen LogP contribution in [-0.2, 0) is 14.1 Å². The van der Waals surface area contributed by atoms with Crippen LogP contribution < -0.4 is 11.5 Å². The van der Waals surface area contributed by atoms with Gasteiger partial charge in [0, 0.05) is 14.1 Å². The van der Waals surface area contributed by atoms with E-state index in [2.05, 4.69) is 20.4 Å². The molecule has 4 aromatic heterocycles. The Balaban J connectivity index is 0.000000151. The van der Waals surface area contributed by atoms with Gasteiger partial charge in [-0.15, -0.1) is 0 Å². The van der Waals surface area contributed by atoms with Crippen molar-refractivity contribution in [3.63, 3.8) is 0 Å². The molecular formula is C16H22N10. The van der Waals surface area contributed by atoms with Crippen molar-refractivity contribution in [3.8, 4) is 11.4 Å². The van der Waals surface area contributed by atoms with Gasteiger partial charge < -0.3 is 11.5 Å². The van der Waals surface area contributed by atoms with Gasteiger partial charge in [-0.3, -0.25) is 9.36 Å². The third kappa shape index (κ3) is 3.43. The molecule has 0 spiro atoms. The number of nitrogen functional groups attached to an aromatic ring is 2. The summed E-state index contributed by atoms with van der Waals surface area (Å²) in [6.45, 7) is 3.80. The summed E-state index contributed by atoms with van der Waals surface area (Å²) in [7, 11) is 3.73. The zero-order valence-corrected chi connectivity index (χ0v) is 15.2. The average Bonchev–Trinajstić information content (AvgIpc) is 3.35. The van der Waals surface area contributed by atoms with Crippen LogP contribution in [0.15, 0.2) is 37.2 Å². The quantitative estimate of drug-likeness (QED) is 0.553. The monoisotopic (exact) mass is 354 g/mol. The highest BCUT2D eigenvalue weighted by Crippen LogP contribution is 2.14. The molecule has 0 saturated carbocycles. The third-order valence-electron chi connectivity index (χ3n) is 3.88. The molecule has 0 fully saturated rings. The van der Waals surface area contributed by atoms with Crippen LogP contribution in [0.3, 0.4) is 0 Å². The molecule has 136 valence electrons. The van der Waals surface area contributed by atoms with Crippen molar-refractivity contribution in [2.24, 2.45) is 14.1 Å². The molecule has 4 aromatic rings. The minimum atomic E-state index is 0.698. The van der Waals surface area contributed by atoms with Gasteiger partial charge in [0.15, 0.2) is 0 Å². The Morgan fingerprint density at radius 3 is 1.81 bits per heavy atom. The normalized spacial score (nSPS) is 10.6. The number of hydrogen-bond acceptors (Lipinski definition) is 6. The Labute approximate surface area is 150 Å². The molecule has 4 N–H and O–H groups in total. The van der Waals surface area contributed by atoms with Crippen molar-refractivity contribution in [2.75, 3.05) is 11.5 Å². The van der Waals surface area contributed by atoms with Gasteiger partial charge in [-0.1, -0.05) is 0 Å². The van der Waals surface area contributed by atoms with Crippen LogP contribution in [-0.4, -0.2) is 39.1 Å². The summed E-state index contributed by atoms with van der Waals surface area (Å²) in [6, 6.07) is 0. The summed E-state index contributed by atoms with van der Waals surface area (Å²) in [5, 5.41) is 16.5. The number of nitrogens with zero attached hydrogens (tertiary/aromatic N) is 8. The van der Waals surface area contributed by atoms with Gasteiger partial charge in [-0.05, 0) is 13.8 Å². The summed E-state index contributed by atoms with van der Waals surface area (Å²) in [5.41, 5.74) is 16.4. The maximum atomic E-state index is 5.67. The molecule has 10 heteroatoms. The Morgan fingerprint density at radius 2 is 1.38 bits per heavy atom. The molecule has 0 bridgehead atoms. The van der Waals surface area contributed by atoms with Gasteiger partial charge in [0.1, 0.15) is 11.4 Å². The molecule has 0 unspecified atom stereocenters. The highest BCUT2D eigenvalue weighted by atomic mass is 15.3. The largest absolute Gasteiger partial charge is 0.396 e. The average molecular weight is 354 g/mol. The Morgan fingerprint density at radius 1 is 0.769 bits per heavy atom. The van der Waals surface area contributed by atoms with Gasteiger partial charge in [0.25, 0.3) is 0 Å². The number of rotatable bonds is 2. The molecule has 0 atom stereocenters. The number of hydrogen-bond donors (Lipinski definition) is 2. The van der Waals surface area contributed by atoms with Gasteiger partial charge in [-0.2, -0.15) is 20.4 Å². The first kappa shape index (κ1) is 17.3. The van der Waals surface area contributed by atoms with Crippen molar-refractivity contribution in [1.82, 2.24) is 39.1 Å². The van der Waals surface area contributed by atoms with Crippen molar-refractivity contribution in [1.29, 1.82) is 0 Å². The molecule has 26 heavy (non-hydrogen) atoms. The van der Waals surface area contributed by atoms with Crippen LogP contribution in [0.25, 0.3) is 11.4 Å². The fourth-order valence-electron chi connectivity index (χ4n) is 2.33. The van der Waals surface area contributed by atoms with E-state index in [0.717, 1.165) is 22.8 Å². The molecule has 0 aliphatic heterocycles. The van der Waals surface area contributed by atoms with Crippen molar-refractivity contribution >= 4 is 11.4 Å². The molecule has 0 amide bonds. The molecule has 0 aliphatic rings. The van der Waals surface area contributed by atoms with E-state index in [1.807, 2.05) is 40.3 Å². The van der Waals surface area contributed by atoms with Crippen LogP contribution in [0, 0.1) is 13.8 Å². The minimum absolute atomic E-state index is 0.698. The van der Waals surface area contributed by atoms with Gasteiger partial charge in [0.05, 0.1) is 59.9 Å². The van der Waals surface area contributed by atoms with Gasteiger partial charge in [0.2, 0.25) is 0 Å². The van der Waals surface area contributed by atoms with E-state index in [0.29, 0.717) is 11.4 Å². The second-order valence-electron chi connectivity index (χ2n) is 5.96. The molecule has 4 rings (SSSR count). The van der Waals surface area contributed by atoms with Crippen LogP contribution in [0.5, 0.6) is 0 Å². The zero-order chi connectivity index (χ0) is 18.8. The fourth-order valence-corrected chi connectivity index (χ4v) is 2.33. The Kier molecular flexibility index (Phi) is 4.48. The van der Waals surface area contributed by atoms with E-state index in [1.54, 1.807) is 43.5 Å². The first-order valence-corrected chi connectivity index (χ1v) is 7.95. The summed E-state index contributed by atoms with van der Waals surface area (Å²) in [5.74, 6) is 0. The predicted molar refractivity (Wildman–Crippen MR) is 99.0 cm³/mol. The van der Waals surface area contributed by atoms with E-state index in [4.69, 9.17) is 11.5 Å². The summed E-state index contributed by atoms with van der Waals surface area (Å²) < 4.78 is 6.94. The van der Waals surface area contributed by atoms with Crippen molar-refractivity contribution in [2.45, 2.75) is 13.8 Å². The third-order valence-corrected chi connectivity index (χ3v) is 3.88. The molecule has 0 aromatic carbocycles. The summed E-state index contributed by atoms with van der Waals surface area (Å²) in [6.07, 6.45) is 10.7. The lowest BCUT2D eigenvalue weighted by Gasteiger charge is -1.98. The van der Waals surface area contributed by atoms with Crippen LogP contribution >= 0.6 is 0 Å². The van der Waals surface area contributed by atoms with Crippen molar-refractivity contribution < 1.29 is 0 Å². The molecule has 0 saturated heterocycles. The molecule has 0 aliphatic carbocycles. The predicted octanol–water partition coefficient (Wildman–Crippen LogP) is 0.993. The number of aryl methyl sites for hydroxylation is 3. The van der Waals surface area contributed by atoms with Crippen LogP contribution in [0.2, 0.25) is 0 Å². The highest BCUT2D eigenvalue weighted by molar-refractivity contribution is 5.44. The topological polar surface area (TPSA) is 123 Å². The smallest absolute Gasteiger partial charge is 0.103 e. The van der Waals surface area contributed by atoms with Crippen LogP contribution in [0.1, 0.15) is 11.4 Å². The second-order valence-corrected chi connectivity index (χ2v) is 5.96. The maximum Gasteiger partial charge on any atom is 0.103 e. The number of aromatic nitrogens is 8. The Bertz CT molecular complexity index is 996. The van der Waals surface area contributed by atoms with E-state index >= 15 is 0 Å². The van der Waals surface area contributed by atoms with E-state index in [1.165, 1.54) is 0 Å². The van der Waals surface area contributed by atoms with E-state index < -0.39 is 0 Å². The lowest BCUT2D eigenvalue weighted by atomic mass is 10.4. The summed E-state index contributed by atoms with van der Waals surface area (Å²) in [4.78, 5) is 0. The first-order chi connectivity index (χ1) is 12.3. The molecule has 10 nitrogen and oxygen atoms in total. The first-order valence-electron chi connectivity index (χ1n) is 7.95. The lowest BCUT2D eigenvalue weighted by Crippen LogP contribution is -1.98. The minimum Gasteiger partial charge on any atom is -0.396 e. The SMILES string of the molecule is Cc1c(N)cnn1-c1cnn(C)c1.Cc1nn(-c2cnn(C)c2)cc1N. The van der Waals surface area contributed by atoms with Crippen molar-refractivity contribution in [3.05, 3.63) is 48.6 Å².